The minimum absolute atomic E-state index is 0.0841. The maximum absolute atomic E-state index is 14.7. The number of nitrogens with zero attached hydrogens (tertiary/aromatic N) is 2. The number of rotatable bonds is 9. The Morgan fingerprint density at radius 3 is 2.36 bits per heavy atom. The maximum atomic E-state index is 14.7. The number of halogens is 1. The van der Waals surface area contributed by atoms with Crippen molar-refractivity contribution in [1.29, 1.82) is 0 Å². The van der Waals surface area contributed by atoms with E-state index < -0.39 is 11.9 Å². The van der Waals surface area contributed by atoms with Gasteiger partial charge in [0.25, 0.3) is 5.91 Å². The summed E-state index contributed by atoms with van der Waals surface area (Å²) in [4.78, 5) is 21.6. The lowest BCUT2D eigenvalue weighted by Crippen LogP contribution is -2.49. The number of hydrogen-bond donors (Lipinski definition) is 3. The largest absolute Gasteiger partial charge is 0.370 e. The zero-order valence-corrected chi connectivity index (χ0v) is 27.7. The van der Waals surface area contributed by atoms with Gasteiger partial charge in [-0.2, -0.15) is 4.39 Å². The highest BCUT2D eigenvalue weighted by molar-refractivity contribution is 7.97. The molecule has 232 valence electrons. The lowest BCUT2D eigenvalue weighted by atomic mass is 9.75. The van der Waals surface area contributed by atoms with Crippen LogP contribution in [-0.2, 0) is 10.2 Å². The standard InChI is InChI=1S/C33H50FN5O2S/c1-30(2,3)25-16-14-23(28(34)37-25)29(40)39-42-27-12-10-11-26(38-27)36-24(15-13-21-17-31(4,5)35-20-21)22-18-32(6,7)41-33(8,9)19-22/h10-12,14,16,21-22,24,35H,13,15,17-20H2,1-9H3,(H,36,38)(H,39,40). The zero-order chi connectivity index (χ0) is 30.9. The average Bonchev–Trinajstić information content (AvgIpc) is 3.21. The van der Waals surface area contributed by atoms with Gasteiger partial charge in [0.1, 0.15) is 10.8 Å². The molecule has 2 atom stereocenters. The van der Waals surface area contributed by atoms with Crippen LogP contribution in [0.1, 0.15) is 110 Å². The smallest absolute Gasteiger partial charge is 0.266 e. The monoisotopic (exact) mass is 599 g/mol. The summed E-state index contributed by atoms with van der Waals surface area (Å²) < 4.78 is 23.8. The average molecular weight is 600 g/mol. The fourth-order valence-corrected chi connectivity index (χ4v) is 7.30. The third-order valence-corrected chi connectivity index (χ3v) is 9.07. The van der Waals surface area contributed by atoms with E-state index in [1.807, 2.05) is 39.0 Å². The topological polar surface area (TPSA) is 88.2 Å². The van der Waals surface area contributed by atoms with E-state index in [1.54, 1.807) is 6.07 Å². The lowest BCUT2D eigenvalue weighted by Gasteiger charge is -2.48. The summed E-state index contributed by atoms with van der Waals surface area (Å²) in [5.41, 5.74) is 0.00607. The Morgan fingerprint density at radius 2 is 1.76 bits per heavy atom. The summed E-state index contributed by atoms with van der Waals surface area (Å²) in [6.45, 7) is 20.2. The van der Waals surface area contributed by atoms with Gasteiger partial charge in [-0.05, 0) is 116 Å². The Morgan fingerprint density at radius 1 is 1.07 bits per heavy atom. The molecule has 0 saturated carbocycles. The van der Waals surface area contributed by atoms with Crippen LogP contribution in [0.5, 0.6) is 0 Å². The molecule has 2 aromatic heterocycles. The summed E-state index contributed by atoms with van der Waals surface area (Å²) in [6, 6.07) is 9.18. The normalized spacial score (nSPS) is 22.5. The van der Waals surface area contributed by atoms with E-state index in [9.17, 15) is 9.18 Å². The van der Waals surface area contributed by atoms with E-state index in [2.05, 4.69) is 61.9 Å². The van der Waals surface area contributed by atoms with Gasteiger partial charge < -0.3 is 15.4 Å². The third-order valence-electron chi connectivity index (χ3n) is 8.35. The van der Waals surface area contributed by atoms with Crippen LogP contribution >= 0.6 is 11.9 Å². The van der Waals surface area contributed by atoms with Gasteiger partial charge >= 0.3 is 0 Å². The van der Waals surface area contributed by atoms with E-state index in [0.717, 1.165) is 50.0 Å². The predicted molar refractivity (Wildman–Crippen MR) is 169 cm³/mol. The first-order valence-corrected chi connectivity index (χ1v) is 16.1. The molecule has 0 aliphatic carbocycles. The second-order valence-electron chi connectivity index (χ2n) is 15.1. The van der Waals surface area contributed by atoms with Crippen molar-refractivity contribution in [2.45, 2.75) is 128 Å². The minimum Gasteiger partial charge on any atom is -0.370 e. The van der Waals surface area contributed by atoms with Gasteiger partial charge in [-0.15, -0.1) is 0 Å². The molecule has 2 saturated heterocycles. The molecule has 2 aromatic rings. The van der Waals surface area contributed by atoms with Crippen molar-refractivity contribution < 1.29 is 13.9 Å². The Labute approximate surface area is 256 Å². The molecule has 0 bridgehead atoms. The molecule has 0 aromatic carbocycles. The van der Waals surface area contributed by atoms with Gasteiger partial charge in [0.15, 0.2) is 0 Å². The van der Waals surface area contributed by atoms with E-state index in [0.29, 0.717) is 22.6 Å². The molecule has 4 rings (SSSR count). The number of amides is 1. The Hall–Kier alpha value is -2.23. The van der Waals surface area contributed by atoms with Gasteiger partial charge in [0.05, 0.1) is 16.8 Å². The molecule has 1 amide bonds. The summed E-state index contributed by atoms with van der Waals surface area (Å²) in [5.74, 6) is 0.546. The van der Waals surface area contributed by atoms with Crippen molar-refractivity contribution in [2.75, 3.05) is 11.9 Å². The number of pyridine rings is 2. The van der Waals surface area contributed by atoms with E-state index >= 15 is 0 Å². The maximum Gasteiger partial charge on any atom is 0.266 e. The number of hydrogen-bond acceptors (Lipinski definition) is 7. The van der Waals surface area contributed by atoms with Crippen LogP contribution < -0.4 is 15.4 Å². The first-order valence-electron chi connectivity index (χ1n) is 15.2. The molecule has 2 aliphatic rings. The molecule has 9 heteroatoms. The molecule has 2 unspecified atom stereocenters. The lowest BCUT2D eigenvalue weighted by molar-refractivity contribution is -0.174. The van der Waals surface area contributed by atoms with Crippen LogP contribution in [0, 0.1) is 17.8 Å². The predicted octanol–water partition coefficient (Wildman–Crippen LogP) is 7.28. The highest BCUT2D eigenvalue weighted by atomic mass is 32.2. The fourth-order valence-electron chi connectivity index (χ4n) is 6.70. The molecular weight excluding hydrogens is 549 g/mol. The van der Waals surface area contributed by atoms with Crippen LogP contribution in [0.4, 0.5) is 10.2 Å². The second-order valence-corrected chi connectivity index (χ2v) is 16.0. The van der Waals surface area contributed by atoms with Crippen LogP contribution in [-0.4, -0.2) is 45.2 Å². The Kier molecular flexibility index (Phi) is 9.65. The zero-order valence-electron chi connectivity index (χ0n) is 26.9. The minimum atomic E-state index is -0.769. The Balaban J connectivity index is 1.45. The molecule has 2 aliphatic heterocycles. The SMILES string of the molecule is CC1(C)CC(CCC(Nc2cccc(SNC(=O)c3ccc(C(C)(C)C)nc3F)n2)C2CC(C)(C)OC(C)(C)C2)CN1. The van der Waals surface area contributed by atoms with Crippen molar-refractivity contribution >= 4 is 23.7 Å². The number of ether oxygens (including phenoxy) is 1. The summed E-state index contributed by atoms with van der Waals surface area (Å²) in [7, 11) is 0. The molecular formula is C33H50FN5O2S. The van der Waals surface area contributed by atoms with Crippen molar-refractivity contribution in [3.63, 3.8) is 0 Å². The number of aromatic nitrogens is 2. The van der Waals surface area contributed by atoms with E-state index in [4.69, 9.17) is 9.72 Å². The van der Waals surface area contributed by atoms with Crippen molar-refractivity contribution in [2.24, 2.45) is 11.8 Å². The second kappa shape index (κ2) is 12.4. The quantitative estimate of drug-likeness (QED) is 0.206. The van der Waals surface area contributed by atoms with Gasteiger partial charge in [0.2, 0.25) is 5.95 Å². The van der Waals surface area contributed by atoms with Gasteiger partial charge in [-0.1, -0.05) is 26.8 Å². The van der Waals surface area contributed by atoms with Crippen molar-refractivity contribution in [1.82, 2.24) is 20.0 Å². The summed E-state index contributed by atoms with van der Waals surface area (Å²) in [5, 5.41) is 8.06. The number of nitrogens with one attached hydrogen (secondary N) is 3. The van der Waals surface area contributed by atoms with E-state index in [1.165, 1.54) is 12.5 Å². The van der Waals surface area contributed by atoms with E-state index in [-0.39, 0.29) is 33.8 Å². The highest BCUT2D eigenvalue weighted by Crippen LogP contribution is 2.42. The first-order chi connectivity index (χ1) is 19.4. The molecule has 0 radical (unpaired) electrons. The van der Waals surface area contributed by atoms with Crippen LogP contribution in [0.2, 0.25) is 0 Å². The molecule has 4 heterocycles. The van der Waals surface area contributed by atoms with Gasteiger partial charge in [0, 0.05) is 34.6 Å². The highest BCUT2D eigenvalue weighted by Gasteiger charge is 2.42. The third kappa shape index (κ3) is 8.89. The van der Waals surface area contributed by atoms with Crippen molar-refractivity contribution in [3.8, 4) is 0 Å². The fraction of sp³-hybridized carbons (Fsp3) is 0.667. The number of carbonyl (C=O) groups excluding carboxylic acids is 1. The van der Waals surface area contributed by atoms with Crippen LogP contribution in [0.15, 0.2) is 35.4 Å². The van der Waals surface area contributed by atoms with Gasteiger partial charge in [-0.25, -0.2) is 9.97 Å². The van der Waals surface area contributed by atoms with Crippen LogP contribution in [0.3, 0.4) is 0 Å². The Bertz CT molecular complexity index is 1240. The molecule has 2 fully saturated rings. The molecule has 7 nitrogen and oxygen atoms in total. The molecule has 42 heavy (non-hydrogen) atoms. The summed E-state index contributed by atoms with van der Waals surface area (Å²) >= 11 is 1.08. The molecule has 0 spiro atoms. The van der Waals surface area contributed by atoms with Crippen molar-refractivity contribution in [3.05, 3.63) is 47.5 Å². The molecule has 3 N–H and O–H groups in total. The number of carbonyl (C=O) groups is 1. The van der Waals surface area contributed by atoms with Crippen LogP contribution in [0.25, 0.3) is 0 Å². The first kappa shape index (κ1) is 32.7. The number of anilines is 1. The van der Waals surface area contributed by atoms with Gasteiger partial charge in [-0.3, -0.25) is 9.52 Å². The summed E-state index contributed by atoms with van der Waals surface area (Å²) in [6.07, 6.45) is 5.32.